The maximum atomic E-state index is 12.0. The van der Waals surface area contributed by atoms with Gasteiger partial charge in [-0.1, -0.05) is 105 Å². The molecule has 0 amide bonds. The minimum atomic E-state index is 0.132. The zero-order chi connectivity index (χ0) is 25.4. The third-order valence-corrected chi connectivity index (χ3v) is 6.96. The van der Waals surface area contributed by atoms with Crippen LogP contribution in [-0.4, -0.2) is 5.78 Å². The average molecular weight is 467 g/mol. The number of unbranched alkanes of at least 4 members (excludes halogenated alkanes) is 3. The van der Waals surface area contributed by atoms with Crippen LogP contribution in [-0.2, 0) is 6.42 Å². The van der Waals surface area contributed by atoms with Crippen LogP contribution in [0.1, 0.15) is 109 Å². The monoisotopic (exact) mass is 466 g/mol. The molecule has 0 bridgehead atoms. The van der Waals surface area contributed by atoms with Crippen LogP contribution in [0.4, 0.5) is 0 Å². The van der Waals surface area contributed by atoms with Crippen molar-refractivity contribution in [1.29, 1.82) is 0 Å². The van der Waals surface area contributed by atoms with Gasteiger partial charge in [-0.2, -0.15) is 0 Å². The molecule has 0 N–H and O–H groups in total. The Morgan fingerprint density at radius 1 is 0.743 bits per heavy atom. The molecule has 0 fully saturated rings. The van der Waals surface area contributed by atoms with Gasteiger partial charge in [-0.25, -0.2) is 0 Å². The number of hydrogen-bond donors (Lipinski definition) is 0. The van der Waals surface area contributed by atoms with E-state index in [1.54, 1.807) is 6.92 Å². The molecule has 1 aliphatic rings. The first-order chi connectivity index (χ1) is 16.8. The van der Waals surface area contributed by atoms with Gasteiger partial charge in [0.2, 0.25) is 0 Å². The van der Waals surface area contributed by atoms with E-state index in [1.165, 1.54) is 75.8 Å². The van der Waals surface area contributed by atoms with Crippen molar-refractivity contribution in [2.45, 2.75) is 86.5 Å². The Morgan fingerprint density at radius 3 is 1.97 bits per heavy atom. The first kappa shape index (κ1) is 26.7. The Kier molecular flexibility index (Phi) is 9.66. The molecule has 4 rings (SSSR count). The van der Waals surface area contributed by atoms with Crippen molar-refractivity contribution in [2.24, 2.45) is 0 Å². The van der Waals surface area contributed by atoms with Crippen LogP contribution in [0.2, 0.25) is 0 Å². The zero-order valence-electron chi connectivity index (χ0n) is 22.6. The molecule has 0 aliphatic heterocycles. The van der Waals surface area contributed by atoms with Crippen molar-refractivity contribution in [3.63, 3.8) is 0 Å². The van der Waals surface area contributed by atoms with Crippen molar-refractivity contribution in [1.82, 2.24) is 0 Å². The highest BCUT2D eigenvalue weighted by atomic mass is 16.1. The van der Waals surface area contributed by atoms with Crippen LogP contribution in [0.25, 0.3) is 11.1 Å². The molecule has 0 saturated carbocycles. The summed E-state index contributed by atoms with van der Waals surface area (Å²) in [6.07, 6.45) is 8.67. The molecule has 0 radical (unpaired) electrons. The summed E-state index contributed by atoms with van der Waals surface area (Å²) in [5.74, 6) is 0.132. The van der Waals surface area contributed by atoms with Crippen LogP contribution < -0.4 is 0 Å². The number of fused-ring (bicyclic) bond motifs is 1. The summed E-state index contributed by atoms with van der Waals surface area (Å²) in [6.45, 7) is 12.6. The molecule has 0 heterocycles. The minimum absolute atomic E-state index is 0.132. The molecule has 3 aromatic rings. The zero-order valence-corrected chi connectivity index (χ0v) is 22.6. The SMILES string of the molecule is CC(=O)c1ccc2c(c1)CCCC(c1ccc(C)cc1C)=C2c1ccc(C)cc1.CCCCCC. The lowest BCUT2D eigenvalue weighted by molar-refractivity contribution is 0.101. The van der Waals surface area contributed by atoms with Crippen LogP contribution in [0.5, 0.6) is 0 Å². The van der Waals surface area contributed by atoms with Crippen LogP contribution in [0.3, 0.4) is 0 Å². The second-order valence-corrected chi connectivity index (χ2v) is 10.0. The maximum absolute atomic E-state index is 12.0. The topological polar surface area (TPSA) is 17.1 Å². The summed E-state index contributed by atoms with van der Waals surface area (Å²) in [6, 6.07) is 21.9. The van der Waals surface area contributed by atoms with E-state index >= 15 is 0 Å². The van der Waals surface area contributed by atoms with E-state index in [0.29, 0.717) is 0 Å². The van der Waals surface area contributed by atoms with Gasteiger partial charge in [-0.05, 0) is 92.0 Å². The van der Waals surface area contributed by atoms with Gasteiger partial charge in [0, 0.05) is 5.56 Å². The lowest BCUT2D eigenvalue weighted by Crippen LogP contribution is -2.00. The number of benzene rings is 3. The lowest BCUT2D eigenvalue weighted by atomic mass is 9.85. The largest absolute Gasteiger partial charge is 0.295 e. The predicted molar refractivity (Wildman–Crippen MR) is 152 cm³/mol. The molecule has 3 aromatic carbocycles. The standard InChI is InChI=1S/C28H28O.C6H14/c1-18-8-11-22(12-9-18)28-26-15-13-23(21(4)29)17-24(26)6-5-7-27(28)25-14-10-19(2)16-20(25)3;1-3-5-6-4-2/h8-17H,5-7H2,1-4H3;3-6H2,1-2H3. The molecule has 0 spiro atoms. The molecule has 184 valence electrons. The van der Waals surface area contributed by atoms with Crippen molar-refractivity contribution in [3.05, 3.63) is 105 Å². The third-order valence-electron chi connectivity index (χ3n) is 6.96. The fraction of sp³-hybridized carbons (Fsp3) is 0.382. The minimum Gasteiger partial charge on any atom is -0.295 e. The summed E-state index contributed by atoms with van der Waals surface area (Å²) in [4.78, 5) is 12.0. The second kappa shape index (κ2) is 12.7. The molecule has 1 aliphatic carbocycles. The second-order valence-electron chi connectivity index (χ2n) is 10.0. The molecule has 1 nitrogen and oxygen atoms in total. The van der Waals surface area contributed by atoms with E-state index in [0.717, 1.165) is 24.8 Å². The summed E-state index contributed by atoms with van der Waals surface area (Å²) in [5.41, 5.74) is 12.6. The highest BCUT2D eigenvalue weighted by molar-refractivity contribution is 6.01. The van der Waals surface area contributed by atoms with E-state index in [2.05, 4.69) is 89.2 Å². The van der Waals surface area contributed by atoms with E-state index in [-0.39, 0.29) is 5.78 Å². The van der Waals surface area contributed by atoms with Crippen molar-refractivity contribution in [3.8, 4) is 0 Å². The molecule has 1 heteroatoms. The van der Waals surface area contributed by atoms with Gasteiger partial charge in [0.1, 0.15) is 0 Å². The molecule has 0 saturated heterocycles. The molecular formula is C34H42O. The van der Waals surface area contributed by atoms with Gasteiger partial charge >= 0.3 is 0 Å². The number of carbonyl (C=O) groups excluding carboxylic acids is 1. The summed E-state index contributed by atoms with van der Waals surface area (Å²) < 4.78 is 0. The fourth-order valence-electron chi connectivity index (χ4n) is 4.98. The van der Waals surface area contributed by atoms with Gasteiger partial charge in [-0.3, -0.25) is 4.79 Å². The quantitative estimate of drug-likeness (QED) is 0.261. The number of hydrogen-bond acceptors (Lipinski definition) is 1. The first-order valence-corrected chi connectivity index (χ1v) is 13.4. The molecule has 35 heavy (non-hydrogen) atoms. The highest BCUT2D eigenvalue weighted by Gasteiger charge is 2.21. The lowest BCUT2D eigenvalue weighted by Gasteiger charge is -2.19. The van der Waals surface area contributed by atoms with E-state index in [1.807, 2.05) is 6.07 Å². The Morgan fingerprint density at radius 2 is 1.37 bits per heavy atom. The molecule has 0 unspecified atom stereocenters. The number of Topliss-reactive ketones (excluding diaryl/α,β-unsaturated/α-hetero) is 1. The summed E-state index contributed by atoms with van der Waals surface area (Å²) in [7, 11) is 0. The summed E-state index contributed by atoms with van der Waals surface area (Å²) in [5, 5.41) is 0. The average Bonchev–Trinajstić information content (AvgIpc) is 3.02. The number of carbonyl (C=O) groups is 1. The van der Waals surface area contributed by atoms with Crippen molar-refractivity contribution in [2.75, 3.05) is 0 Å². The highest BCUT2D eigenvalue weighted by Crippen LogP contribution is 2.41. The predicted octanol–water partition coefficient (Wildman–Crippen LogP) is 9.70. The molecule has 0 atom stereocenters. The number of allylic oxidation sites excluding steroid dienone is 1. The number of rotatable bonds is 6. The number of ketones is 1. The van der Waals surface area contributed by atoms with Gasteiger partial charge < -0.3 is 0 Å². The van der Waals surface area contributed by atoms with Gasteiger partial charge in [-0.15, -0.1) is 0 Å². The molecule has 0 aromatic heterocycles. The maximum Gasteiger partial charge on any atom is 0.159 e. The smallest absolute Gasteiger partial charge is 0.159 e. The van der Waals surface area contributed by atoms with Crippen LogP contribution >= 0.6 is 0 Å². The van der Waals surface area contributed by atoms with Crippen molar-refractivity contribution < 1.29 is 4.79 Å². The van der Waals surface area contributed by atoms with Crippen molar-refractivity contribution >= 4 is 16.9 Å². The first-order valence-electron chi connectivity index (χ1n) is 13.4. The van der Waals surface area contributed by atoms with E-state index in [4.69, 9.17) is 0 Å². The Bertz CT molecular complexity index is 1170. The Hall–Kier alpha value is -2.93. The van der Waals surface area contributed by atoms with Gasteiger partial charge in [0.05, 0.1) is 0 Å². The normalized spacial score (nSPS) is 13.0. The fourth-order valence-corrected chi connectivity index (χ4v) is 4.98. The van der Waals surface area contributed by atoms with Crippen LogP contribution in [0, 0.1) is 20.8 Å². The number of aryl methyl sites for hydroxylation is 4. The van der Waals surface area contributed by atoms with Crippen LogP contribution in [0.15, 0.2) is 60.7 Å². The van der Waals surface area contributed by atoms with Gasteiger partial charge in [0.25, 0.3) is 0 Å². The van der Waals surface area contributed by atoms with E-state index < -0.39 is 0 Å². The third kappa shape index (κ3) is 6.82. The van der Waals surface area contributed by atoms with Gasteiger partial charge in [0.15, 0.2) is 5.78 Å². The summed E-state index contributed by atoms with van der Waals surface area (Å²) >= 11 is 0. The van der Waals surface area contributed by atoms with E-state index in [9.17, 15) is 4.79 Å². The molecular weight excluding hydrogens is 424 g/mol. The Balaban J connectivity index is 0.000000509. The Labute approximate surface area is 213 Å².